The van der Waals surface area contributed by atoms with Gasteiger partial charge < -0.3 is 14.8 Å². The molecule has 2 aromatic heterocycles. The van der Waals surface area contributed by atoms with Crippen LogP contribution < -0.4 is 5.32 Å². The third kappa shape index (κ3) is 2.77. The molecule has 1 fully saturated rings. The van der Waals surface area contributed by atoms with Gasteiger partial charge in [-0.3, -0.25) is 0 Å². The highest BCUT2D eigenvalue weighted by Gasteiger charge is 2.42. The van der Waals surface area contributed by atoms with Crippen molar-refractivity contribution in [2.75, 3.05) is 19.0 Å². The number of anilines is 1. The first-order chi connectivity index (χ1) is 10.3. The van der Waals surface area contributed by atoms with Gasteiger partial charge in [-0.15, -0.1) is 0 Å². The lowest BCUT2D eigenvalue weighted by Crippen LogP contribution is -2.56. The second-order valence-corrected chi connectivity index (χ2v) is 5.01. The number of hydrogen-bond acceptors (Lipinski definition) is 5. The van der Waals surface area contributed by atoms with Crippen molar-refractivity contribution in [2.24, 2.45) is 0 Å². The summed E-state index contributed by atoms with van der Waals surface area (Å²) in [5.74, 6) is 0.789. The van der Waals surface area contributed by atoms with E-state index in [1.165, 1.54) is 0 Å². The number of ether oxygens (including phenoxy) is 2. The van der Waals surface area contributed by atoms with Crippen molar-refractivity contribution in [2.45, 2.75) is 31.6 Å². The van der Waals surface area contributed by atoms with Crippen LogP contribution in [0.5, 0.6) is 0 Å². The Morgan fingerprint density at radius 2 is 2.29 bits per heavy atom. The van der Waals surface area contributed by atoms with Gasteiger partial charge >= 0.3 is 0 Å². The van der Waals surface area contributed by atoms with Crippen LogP contribution in [0.2, 0.25) is 0 Å². The van der Waals surface area contributed by atoms with E-state index in [9.17, 15) is 0 Å². The molecule has 21 heavy (non-hydrogen) atoms. The zero-order valence-electron chi connectivity index (χ0n) is 12.3. The van der Waals surface area contributed by atoms with Gasteiger partial charge in [0.15, 0.2) is 5.82 Å². The summed E-state index contributed by atoms with van der Waals surface area (Å²) in [7, 11) is 1.72. The molecule has 0 aromatic carbocycles. The van der Waals surface area contributed by atoms with Crippen LogP contribution in [0, 0.1) is 0 Å². The third-order valence-corrected chi connectivity index (χ3v) is 3.75. The standard InChI is InChI=1S/C15H20N4O2/c1-3-21-13-10-12(14(13)20-2)18-11-6-4-7-16-15(11)19-9-5-8-17-19/h4-9,12-14,18H,3,10H2,1-2H3. The summed E-state index contributed by atoms with van der Waals surface area (Å²) in [5.41, 5.74) is 0.947. The number of pyridine rings is 1. The molecule has 1 aliphatic carbocycles. The summed E-state index contributed by atoms with van der Waals surface area (Å²) in [5, 5.41) is 7.74. The number of methoxy groups -OCH3 is 1. The molecule has 112 valence electrons. The molecule has 3 atom stereocenters. The van der Waals surface area contributed by atoms with Gasteiger partial charge in [0.1, 0.15) is 6.10 Å². The van der Waals surface area contributed by atoms with Crippen molar-refractivity contribution < 1.29 is 9.47 Å². The monoisotopic (exact) mass is 288 g/mol. The molecular weight excluding hydrogens is 268 g/mol. The lowest BCUT2D eigenvalue weighted by atomic mass is 9.85. The van der Waals surface area contributed by atoms with Gasteiger partial charge in [-0.1, -0.05) is 0 Å². The van der Waals surface area contributed by atoms with Crippen LogP contribution in [0.25, 0.3) is 5.82 Å². The Morgan fingerprint density at radius 3 is 3.00 bits per heavy atom. The first kappa shape index (κ1) is 14.0. The maximum atomic E-state index is 5.65. The zero-order chi connectivity index (χ0) is 14.7. The summed E-state index contributed by atoms with van der Waals surface area (Å²) in [6.45, 7) is 2.72. The Morgan fingerprint density at radius 1 is 1.38 bits per heavy atom. The largest absolute Gasteiger partial charge is 0.377 e. The van der Waals surface area contributed by atoms with E-state index in [4.69, 9.17) is 9.47 Å². The Kier molecular flexibility index (Phi) is 4.17. The normalized spacial score (nSPS) is 24.6. The third-order valence-electron chi connectivity index (χ3n) is 3.75. The van der Waals surface area contributed by atoms with E-state index in [-0.39, 0.29) is 18.2 Å². The topological polar surface area (TPSA) is 61.2 Å². The van der Waals surface area contributed by atoms with Gasteiger partial charge in [-0.2, -0.15) is 5.10 Å². The Hall–Kier alpha value is -1.92. The summed E-state index contributed by atoms with van der Waals surface area (Å²) in [4.78, 5) is 4.40. The van der Waals surface area contributed by atoms with Crippen LogP contribution >= 0.6 is 0 Å². The maximum absolute atomic E-state index is 5.65. The second-order valence-electron chi connectivity index (χ2n) is 5.01. The summed E-state index contributed by atoms with van der Waals surface area (Å²) >= 11 is 0. The number of nitrogens with one attached hydrogen (secondary N) is 1. The van der Waals surface area contributed by atoms with Crippen LogP contribution in [0.4, 0.5) is 5.69 Å². The molecule has 2 aromatic rings. The van der Waals surface area contributed by atoms with Crippen LogP contribution in [0.15, 0.2) is 36.8 Å². The molecule has 0 bridgehead atoms. The van der Waals surface area contributed by atoms with Gasteiger partial charge in [0.2, 0.25) is 0 Å². The van der Waals surface area contributed by atoms with Crippen molar-refractivity contribution >= 4 is 5.69 Å². The molecule has 1 aliphatic rings. The quantitative estimate of drug-likeness (QED) is 0.879. The van der Waals surface area contributed by atoms with E-state index in [2.05, 4.69) is 15.4 Å². The second kappa shape index (κ2) is 6.24. The molecule has 3 rings (SSSR count). The molecule has 1 saturated carbocycles. The molecule has 2 heterocycles. The molecule has 3 unspecified atom stereocenters. The molecule has 6 heteroatoms. The van der Waals surface area contributed by atoms with Crippen molar-refractivity contribution in [3.63, 3.8) is 0 Å². The molecule has 1 N–H and O–H groups in total. The zero-order valence-corrected chi connectivity index (χ0v) is 12.3. The minimum absolute atomic E-state index is 0.0654. The lowest BCUT2D eigenvalue weighted by molar-refractivity contribution is -0.118. The van der Waals surface area contributed by atoms with E-state index in [0.29, 0.717) is 6.61 Å². The van der Waals surface area contributed by atoms with E-state index in [1.807, 2.05) is 31.3 Å². The van der Waals surface area contributed by atoms with Crippen molar-refractivity contribution in [1.82, 2.24) is 14.8 Å². The number of aromatic nitrogens is 3. The summed E-state index contributed by atoms with van der Waals surface area (Å²) in [6, 6.07) is 6.02. The van der Waals surface area contributed by atoms with Crippen molar-refractivity contribution in [3.05, 3.63) is 36.8 Å². The first-order valence-corrected chi connectivity index (χ1v) is 7.19. The summed E-state index contributed by atoms with van der Waals surface area (Å²) in [6.07, 6.45) is 6.55. The lowest BCUT2D eigenvalue weighted by Gasteiger charge is -2.43. The van der Waals surface area contributed by atoms with Crippen LogP contribution in [0.3, 0.4) is 0 Å². The molecule has 6 nitrogen and oxygen atoms in total. The van der Waals surface area contributed by atoms with Gasteiger partial charge in [-0.25, -0.2) is 9.67 Å². The van der Waals surface area contributed by atoms with Gasteiger partial charge in [0, 0.05) is 32.3 Å². The molecule has 0 radical (unpaired) electrons. The highest BCUT2D eigenvalue weighted by molar-refractivity contribution is 5.57. The van der Waals surface area contributed by atoms with Gasteiger partial charge in [-0.05, 0) is 31.5 Å². The molecule has 0 spiro atoms. The Labute approximate surface area is 124 Å². The first-order valence-electron chi connectivity index (χ1n) is 7.19. The van der Waals surface area contributed by atoms with Gasteiger partial charge in [0.25, 0.3) is 0 Å². The fraction of sp³-hybridized carbons (Fsp3) is 0.467. The molecule has 0 saturated heterocycles. The predicted octanol–water partition coefficient (Wildman–Crippen LogP) is 1.87. The molecule has 0 aliphatic heterocycles. The Balaban J connectivity index is 1.74. The SMILES string of the molecule is CCOC1CC(Nc2cccnc2-n2cccn2)C1OC. The highest BCUT2D eigenvalue weighted by Crippen LogP contribution is 2.31. The molecule has 0 amide bonds. The summed E-state index contributed by atoms with van der Waals surface area (Å²) < 4.78 is 12.9. The predicted molar refractivity (Wildman–Crippen MR) is 79.6 cm³/mol. The fourth-order valence-corrected chi connectivity index (χ4v) is 2.70. The molecular formula is C15H20N4O2. The van der Waals surface area contributed by atoms with E-state index >= 15 is 0 Å². The van der Waals surface area contributed by atoms with E-state index < -0.39 is 0 Å². The van der Waals surface area contributed by atoms with E-state index in [1.54, 1.807) is 24.2 Å². The fourth-order valence-electron chi connectivity index (χ4n) is 2.70. The average Bonchev–Trinajstić information content (AvgIpc) is 3.01. The smallest absolute Gasteiger partial charge is 0.176 e. The minimum Gasteiger partial charge on any atom is -0.377 e. The van der Waals surface area contributed by atoms with Crippen molar-refractivity contribution in [1.29, 1.82) is 0 Å². The van der Waals surface area contributed by atoms with Crippen LogP contribution in [-0.2, 0) is 9.47 Å². The number of rotatable bonds is 6. The van der Waals surface area contributed by atoms with Crippen molar-refractivity contribution in [3.8, 4) is 5.82 Å². The highest BCUT2D eigenvalue weighted by atomic mass is 16.5. The van der Waals surface area contributed by atoms with Crippen LogP contribution in [-0.4, -0.2) is 46.7 Å². The maximum Gasteiger partial charge on any atom is 0.176 e. The van der Waals surface area contributed by atoms with Gasteiger partial charge in [0.05, 0.1) is 17.8 Å². The van der Waals surface area contributed by atoms with E-state index in [0.717, 1.165) is 17.9 Å². The Bertz CT molecular complexity index is 573. The minimum atomic E-state index is 0.0654. The average molecular weight is 288 g/mol. The van der Waals surface area contributed by atoms with Crippen LogP contribution in [0.1, 0.15) is 13.3 Å². The number of nitrogens with zero attached hydrogens (tertiary/aromatic N) is 3. The number of hydrogen-bond donors (Lipinski definition) is 1.